The number of unbranched alkanes of at least 4 members (excludes halogenated alkanes) is 46. The minimum Gasteiger partial charge on any atom is -0.756 e. The van der Waals surface area contributed by atoms with Crippen LogP contribution in [0.2, 0.25) is 0 Å². The van der Waals surface area contributed by atoms with Crippen molar-refractivity contribution in [1.82, 2.24) is 0 Å². The van der Waals surface area contributed by atoms with Crippen LogP contribution in [0.3, 0.4) is 0 Å². The van der Waals surface area contributed by atoms with Gasteiger partial charge < -0.3 is 27.9 Å². The number of ether oxygens (including phenoxy) is 2. The first-order valence-electron chi connectivity index (χ1n) is 43.2. The van der Waals surface area contributed by atoms with Gasteiger partial charge in [0.05, 0.1) is 27.7 Å². The highest BCUT2D eigenvalue weighted by Crippen LogP contribution is 2.38. The number of carbonyl (C=O) groups excluding carboxylic acids is 2. The highest BCUT2D eigenvalue weighted by molar-refractivity contribution is 7.45. The van der Waals surface area contributed by atoms with E-state index in [0.717, 1.165) is 109 Å². The molecule has 0 saturated carbocycles. The molecule has 0 bridgehead atoms. The van der Waals surface area contributed by atoms with E-state index in [2.05, 4.69) is 135 Å². The van der Waals surface area contributed by atoms with Gasteiger partial charge in [0.15, 0.2) is 6.10 Å². The molecular weight excluding hydrogens is 1280 g/mol. The molecule has 2 unspecified atom stereocenters. The van der Waals surface area contributed by atoms with Crippen molar-refractivity contribution in [3.63, 3.8) is 0 Å². The van der Waals surface area contributed by atoms with Crippen LogP contribution >= 0.6 is 7.82 Å². The first-order valence-corrected chi connectivity index (χ1v) is 44.7. The molecule has 0 fully saturated rings. The summed E-state index contributed by atoms with van der Waals surface area (Å²) in [4.78, 5) is 38.2. The summed E-state index contributed by atoms with van der Waals surface area (Å²) >= 11 is 0. The first-order chi connectivity index (χ1) is 50.0. The predicted molar refractivity (Wildman–Crippen MR) is 443 cm³/mol. The van der Waals surface area contributed by atoms with E-state index in [1.807, 2.05) is 21.1 Å². The fourth-order valence-corrected chi connectivity index (χ4v) is 13.2. The smallest absolute Gasteiger partial charge is 0.306 e. The number of hydrogen-bond donors (Lipinski definition) is 0. The van der Waals surface area contributed by atoms with Crippen molar-refractivity contribution in [2.45, 2.75) is 405 Å². The fourth-order valence-electron chi connectivity index (χ4n) is 12.5. The zero-order valence-corrected chi connectivity index (χ0v) is 68.4. The Balaban J connectivity index is 3.96. The lowest BCUT2D eigenvalue weighted by molar-refractivity contribution is -0.870. The van der Waals surface area contributed by atoms with E-state index in [1.54, 1.807) is 0 Å². The topological polar surface area (TPSA) is 111 Å². The van der Waals surface area contributed by atoms with Gasteiger partial charge in [-0.1, -0.05) is 418 Å². The number of esters is 2. The number of nitrogens with zero attached hydrogens (tertiary/aromatic N) is 1. The van der Waals surface area contributed by atoms with Gasteiger partial charge in [0.25, 0.3) is 7.82 Å². The standard InChI is InChI=1S/C92H164NO8P/c1-6-8-10-12-14-16-18-20-22-24-26-28-30-32-34-36-38-40-42-44-46-48-50-52-54-56-58-60-62-64-66-68-70-72-74-76-78-80-82-84-91(94)98-88-90(89-100-102(96,97)99-87-86-93(3,4)5)101-92(95)85-83-81-79-77-75-73-71-69-67-65-63-61-59-57-55-53-51-49-47-45-43-41-39-37-35-33-31-29-27-25-23-21-19-17-15-13-11-9-7-2/h9,11,15,17,21,23,27,29,33,35,39,41,45,47,51,53,57,59,63,65,90H,6-8,10,12-14,16,18-20,22,24-26,28,30-32,34,36-38,40,42-44,46,48-50,52,54-56,58,60-62,64,66-89H2,1-5H3/b11-9-,17-15-,23-21-,29-27-,35-33-,41-39-,47-45-,53-51-,59-57-,65-63-. The molecule has 0 aliphatic heterocycles. The Labute approximate surface area is 632 Å². The first kappa shape index (κ1) is 98.4. The van der Waals surface area contributed by atoms with E-state index < -0.39 is 26.5 Å². The molecule has 0 aliphatic rings. The Hall–Kier alpha value is -3.59. The minimum absolute atomic E-state index is 0.0360. The Bertz CT molecular complexity index is 2140. The predicted octanol–water partition coefficient (Wildman–Crippen LogP) is 28.7. The summed E-state index contributed by atoms with van der Waals surface area (Å²) in [5.74, 6) is -0.833. The van der Waals surface area contributed by atoms with Gasteiger partial charge in [-0.05, 0) is 89.9 Å². The Morgan fingerprint density at radius 3 is 0.833 bits per heavy atom. The summed E-state index contributed by atoms with van der Waals surface area (Å²) in [6.07, 6.45) is 118. The Kier molecular flexibility index (Phi) is 78.6. The molecule has 0 rings (SSSR count). The van der Waals surface area contributed by atoms with Crippen LogP contribution in [0.1, 0.15) is 399 Å². The third kappa shape index (κ3) is 85.3. The van der Waals surface area contributed by atoms with Gasteiger partial charge in [-0.2, -0.15) is 0 Å². The molecular formula is C92H164NO8P. The maximum absolute atomic E-state index is 12.9. The second-order valence-electron chi connectivity index (χ2n) is 30.2. The Morgan fingerprint density at radius 2 is 0.559 bits per heavy atom. The molecule has 0 amide bonds. The van der Waals surface area contributed by atoms with Crippen LogP contribution in [0.25, 0.3) is 0 Å². The lowest BCUT2D eigenvalue weighted by Gasteiger charge is -2.28. The molecule has 0 N–H and O–H groups in total. The number of allylic oxidation sites excluding steroid dienone is 20. The number of phosphoric acid groups is 1. The molecule has 102 heavy (non-hydrogen) atoms. The Morgan fingerprint density at radius 1 is 0.314 bits per heavy atom. The average molecular weight is 1440 g/mol. The van der Waals surface area contributed by atoms with Crippen LogP contribution in [0.5, 0.6) is 0 Å². The number of hydrogen-bond acceptors (Lipinski definition) is 8. The molecule has 0 aliphatic carbocycles. The zero-order chi connectivity index (χ0) is 74.0. The van der Waals surface area contributed by atoms with Crippen LogP contribution in [0.15, 0.2) is 122 Å². The van der Waals surface area contributed by atoms with Crippen molar-refractivity contribution < 1.29 is 42.1 Å². The van der Waals surface area contributed by atoms with Crippen LogP contribution in [-0.4, -0.2) is 70.0 Å². The molecule has 590 valence electrons. The van der Waals surface area contributed by atoms with Crippen molar-refractivity contribution in [2.24, 2.45) is 0 Å². The van der Waals surface area contributed by atoms with E-state index >= 15 is 0 Å². The zero-order valence-electron chi connectivity index (χ0n) is 67.5. The van der Waals surface area contributed by atoms with Gasteiger partial charge in [-0.25, -0.2) is 0 Å². The highest BCUT2D eigenvalue weighted by Gasteiger charge is 2.22. The number of rotatable bonds is 80. The lowest BCUT2D eigenvalue weighted by atomic mass is 10.0. The highest BCUT2D eigenvalue weighted by atomic mass is 31.2. The normalized spacial score (nSPS) is 13.6. The summed E-state index contributed by atoms with van der Waals surface area (Å²) in [7, 11) is 1.16. The lowest BCUT2D eigenvalue weighted by Crippen LogP contribution is -2.37. The minimum atomic E-state index is -4.66. The van der Waals surface area contributed by atoms with Crippen molar-refractivity contribution in [2.75, 3.05) is 47.5 Å². The maximum atomic E-state index is 12.9. The number of likely N-dealkylation sites (N-methyl/N-ethyl adjacent to an activating group) is 1. The third-order valence-corrected chi connectivity index (χ3v) is 20.0. The summed E-state index contributed by atoms with van der Waals surface area (Å²) in [6.45, 7) is 4.16. The molecule has 0 heterocycles. The van der Waals surface area contributed by atoms with Gasteiger partial charge in [-0.3, -0.25) is 14.2 Å². The van der Waals surface area contributed by atoms with Gasteiger partial charge in [0, 0.05) is 12.8 Å². The van der Waals surface area contributed by atoms with E-state index in [9.17, 15) is 19.0 Å². The van der Waals surface area contributed by atoms with Crippen molar-refractivity contribution >= 4 is 19.8 Å². The van der Waals surface area contributed by atoms with Crippen molar-refractivity contribution in [1.29, 1.82) is 0 Å². The molecule has 9 nitrogen and oxygen atoms in total. The molecule has 0 radical (unpaired) electrons. The van der Waals surface area contributed by atoms with E-state index in [4.69, 9.17) is 18.5 Å². The number of carbonyl (C=O) groups is 2. The van der Waals surface area contributed by atoms with Gasteiger partial charge >= 0.3 is 11.9 Å². The molecule has 10 heteroatoms. The maximum Gasteiger partial charge on any atom is 0.306 e. The van der Waals surface area contributed by atoms with Gasteiger partial charge in [-0.15, -0.1) is 0 Å². The van der Waals surface area contributed by atoms with E-state index in [-0.39, 0.29) is 32.0 Å². The second-order valence-corrected chi connectivity index (χ2v) is 31.6. The van der Waals surface area contributed by atoms with Crippen molar-refractivity contribution in [3.8, 4) is 0 Å². The third-order valence-electron chi connectivity index (χ3n) is 19.0. The number of phosphoric ester groups is 1. The summed E-state index contributed by atoms with van der Waals surface area (Å²) < 4.78 is 34.4. The van der Waals surface area contributed by atoms with Crippen LogP contribution in [0.4, 0.5) is 0 Å². The fraction of sp³-hybridized carbons (Fsp3) is 0.761. The van der Waals surface area contributed by atoms with Gasteiger partial charge in [0.1, 0.15) is 19.8 Å². The van der Waals surface area contributed by atoms with E-state index in [1.165, 1.54) is 257 Å². The van der Waals surface area contributed by atoms with E-state index in [0.29, 0.717) is 17.4 Å². The molecule has 0 aromatic heterocycles. The molecule has 0 aromatic carbocycles. The largest absolute Gasteiger partial charge is 0.756 e. The number of quaternary nitrogens is 1. The quantitative estimate of drug-likeness (QED) is 0.0195. The summed E-state index contributed by atoms with van der Waals surface area (Å²) in [6, 6.07) is 0. The molecule has 0 spiro atoms. The van der Waals surface area contributed by atoms with Crippen LogP contribution < -0.4 is 4.89 Å². The molecule has 0 saturated heterocycles. The van der Waals surface area contributed by atoms with Crippen molar-refractivity contribution in [3.05, 3.63) is 122 Å². The monoisotopic (exact) mass is 1440 g/mol. The van der Waals surface area contributed by atoms with Crippen LogP contribution in [-0.2, 0) is 32.7 Å². The second kappa shape index (κ2) is 81.5. The average Bonchev–Trinajstić information content (AvgIpc) is 0.914. The molecule has 0 aromatic rings. The van der Waals surface area contributed by atoms with Gasteiger partial charge in [0.2, 0.25) is 0 Å². The van der Waals surface area contributed by atoms with Crippen LogP contribution in [0, 0.1) is 0 Å². The SMILES string of the molecule is CC/C=C\C/C=C\C/C=C\C/C=C\C/C=C\C/C=C\C/C=C\C/C=C\C/C=C\C/C=C\CCCCCCCCCCC(=O)OC(COC(=O)CCCCCCCCCCCCCCCCCCCCCCCCCCCCCCCCCCCCCCCCC)COP(=O)([O-])OCC[N+](C)(C)C. The summed E-state index contributed by atoms with van der Waals surface area (Å²) in [5.41, 5.74) is 0. The summed E-state index contributed by atoms with van der Waals surface area (Å²) in [5, 5.41) is 0. The molecule has 2 atom stereocenters.